The molecule has 5 nitrogen and oxygen atoms in total. The van der Waals surface area contributed by atoms with Gasteiger partial charge in [-0.05, 0) is 18.2 Å². The molecule has 0 aliphatic rings. The van der Waals surface area contributed by atoms with Gasteiger partial charge in [0.15, 0.2) is 6.61 Å². The molecule has 2 aromatic rings. The fourth-order valence-electron chi connectivity index (χ4n) is 1.90. The molecule has 2 rings (SSSR count). The molecule has 0 bridgehead atoms. The monoisotopic (exact) mass is 457 g/mol. The Morgan fingerprint density at radius 1 is 1.04 bits per heavy atom. The number of esters is 1. The van der Waals surface area contributed by atoms with Gasteiger partial charge in [-0.15, -0.1) is 0 Å². The number of halogens is 6. The van der Waals surface area contributed by atoms with Crippen LogP contribution in [0.4, 0.5) is 14.5 Å². The van der Waals surface area contributed by atoms with Crippen molar-refractivity contribution < 1.29 is 27.8 Å². The van der Waals surface area contributed by atoms with Crippen LogP contribution in [0, 0.1) is 0 Å². The van der Waals surface area contributed by atoms with Crippen LogP contribution in [-0.2, 0) is 9.53 Å². The van der Waals surface area contributed by atoms with Crippen LogP contribution in [0.25, 0.3) is 0 Å². The molecule has 27 heavy (non-hydrogen) atoms. The van der Waals surface area contributed by atoms with E-state index in [0.29, 0.717) is 0 Å². The number of anilines is 1. The Morgan fingerprint density at radius 2 is 1.63 bits per heavy atom. The smallest absolute Gasteiger partial charge is 0.387 e. The third-order valence-corrected chi connectivity index (χ3v) is 4.61. The number of amides is 1. The van der Waals surface area contributed by atoms with Crippen molar-refractivity contribution in [1.29, 1.82) is 0 Å². The van der Waals surface area contributed by atoms with Crippen LogP contribution in [0.2, 0.25) is 20.1 Å². The molecule has 0 saturated heterocycles. The minimum atomic E-state index is -3.13. The maximum atomic E-state index is 12.4. The van der Waals surface area contributed by atoms with Gasteiger partial charge in [0.25, 0.3) is 5.91 Å². The fourth-order valence-corrected chi connectivity index (χ4v) is 2.81. The van der Waals surface area contributed by atoms with E-state index in [1.807, 2.05) is 0 Å². The SMILES string of the molecule is O=C(COC(=O)c1ccccc1OC(F)F)Nc1c(Cl)c(Cl)cc(Cl)c1Cl. The van der Waals surface area contributed by atoms with E-state index in [2.05, 4.69) is 10.1 Å². The van der Waals surface area contributed by atoms with Gasteiger partial charge in [-0.3, -0.25) is 4.79 Å². The van der Waals surface area contributed by atoms with Gasteiger partial charge in [-0.1, -0.05) is 58.5 Å². The molecular formula is C16H9Cl4F2NO4. The summed E-state index contributed by atoms with van der Waals surface area (Å²) in [7, 11) is 0. The third-order valence-electron chi connectivity index (χ3n) is 3.03. The van der Waals surface area contributed by atoms with E-state index < -0.39 is 25.1 Å². The summed E-state index contributed by atoms with van der Waals surface area (Å²) in [5.74, 6) is -2.23. The average Bonchev–Trinajstić information content (AvgIpc) is 2.61. The standard InChI is InChI=1S/C16H9Cl4F2NO4/c17-8-5-9(18)13(20)14(12(8)19)23-11(24)6-26-15(25)7-3-1-2-4-10(7)27-16(21)22/h1-5,16H,6H2,(H,23,24). The van der Waals surface area contributed by atoms with Crippen molar-refractivity contribution in [3.8, 4) is 5.75 Å². The highest BCUT2D eigenvalue weighted by Crippen LogP contribution is 2.40. The molecule has 1 amide bonds. The second kappa shape index (κ2) is 9.41. The summed E-state index contributed by atoms with van der Waals surface area (Å²) in [4.78, 5) is 24.0. The predicted molar refractivity (Wildman–Crippen MR) is 98.5 cm³/mol. The lowest BCUT2D eigenvalue weighted by molar-refractivity contribution is -0.119. The molecule has 0 unspecified atom stereocenters. The molecule has 0 fully saturated rings. The van der Waals surface area contributed by atoms with Crippen molar-refractivity contribution in [2.75, 3.05) is 11.9 Å². The van der Waals surface area contributed by atoms with Gasteiger partial charge in [0.1, 0.15) is 11.3 Å². The third kappa shape index (κ3) is 5.59. The first-order chi connectivity index (χ1) is 12.7. The molecule has 1 N–H and O–H groups in total. The Hall–Kier alpha value is -1.80. The maximum absolute atomic E-state index is 12.4. The zero-order chi connectivity index (χ0) is 20.1. The number of ether oxygens (including phenoxy) is 2. The van der Waals surface area contributed by atoms with E-state index in [0.717, 1.165) is 6.07 Å². The number of carbonyl (C=O) groups is 2. The number of benzene rings is 2. The quantitative estimate of drug-likeness (QED) is 0.445. The van der Waals surface area contributed by atoms with Crippen molar-refractivity contribution in [3.63, 3.8) is 0 Å². The Morgan fingerprint density at radius 3 is 2.22 bits per heavy atom. The van der Waals surface area contributed by atoms with Crippen LogP contribution in [0.3, 0.4) is 0 Å². The molecule has 0 heterocycles. The number of hydrogen-bond donors (Lipinski definition) is 1. The van der Waals surface area contributed by atoms with Gasteiger partial charge >= 0.3 is 12.6 Å². The van der Waals surface area contributed by atoms with Gasteiger partial charge in [0.05, 0.1) is 25.8 Å². The van der Waals surface area contributed by atoms with Crippen LogP contribution in [0.1, 0.15) is 10.4 Å². The van der Waals surface area contributed by atoms with E-state index in [1.165, 1.54) is 24.3 Å². The largest absolute Gasteiger partial charge is 0.452 e. The molecule has 0 spiro atoms. The predicted octanol–water partition coefficient (Wildman–Crippen LogP) is 5.70. The topological polar surface area (TPSA) is 64.6 Å². The van der Waals surface area contributed by atoms with Crippen molar-refractivity contribution in [1.82, 2.24) is 0 Å². The Kier molecular flexibility index (Phi) is 7.49. The second-order valence-corrected chi connectivity index (χ2v) is 6.41. The number of para-hydroxylation sites is 1. The minimum absolute atomic E-state index is 0.0523. The molecule has 0 aliphatic heterocycles. The van der Waals surface area contributed by atoms with Crippen molar-refractivity contribution >= 4 is 64.0 Å². The Balaban J connectivity index is 2.06. The molecule has 11 heteroatoms. The number of carbonyl (C=O) groups excluding carboxylic acids is 2. The first-order valence-corrected chi connectivity index (χ1v) is 8.55. The molecule has 0 aliphatic carbocycles. The van der Waals surface area contributed by atoms with Crippen LogP contribution in [-0.4, -0.2) is 25.1 Å². The molecule has 0 atom stereocenters. The van der Waals surface area contributed by atoms with E-state index in [-0.39, 0.29) is 37.1 Å². The summed E-state index contributed by atoms with van der Waals surface area (Å²) in [6, 6.07) is 6.48. The van der Waals surface area contributed by atoms with Crippen molar-refractivity contribution in [2.45, 2.75) is 6.61 Å². The van der Waals surface area contributed by atoms with E-state index >= 15 is 0 Å². The van der Waals surface area contributed by atoms with E-state index in [4.69, 9.17) is 51.1 Å². The summed E-state index contributed by atoms with van der Waals surface area (Å²) in [5, 5.41) is 2.31. The molecule has 0 radical (unpaired) electrons. The molecule has 0 saturated carbocycles. The van der Waals surface area contributed by atoms with Gasteiger partial charge < -0.3 is 14.8 Å². The number of nitrogens with one attached hydrogen (secondary N) is 1. The first kappa shape index (κ1) is 21.5. The molecule has 2 aromatic carbocycles. The summed E-state index contributed by atoms with van der Waals surface area (Å²) in [6.45, 7) is -3.88. The zero-order valence-corrected chi connectivity index (χ0v) is 16.1. The highest BCUT2D eigenvalue weighted by atomic mass is 35.5. The number of hydrogen-bond acceptors (Lipinski definition) is 4. The maximum Gasteiger partial charge on any atom is 0.387 e. The summed E-state index contributed by atoms with van der Waals surface area (Å²) in [5.41, 5.74) is -0.328. The molecular weight excluding hydrogens is 450 g/mol. The highest BCUT2D eigenvalue weighted by molar-refractivity contribution is 6.50. The van der Waals surface area contributed by atoms with E-state index in [9.17, 15) is 18.4 Å². The van der Waals surface area contributed by atoms with Crippen LogP contribution in [0.5, 0.6) is 5.75 Å². The number of alkyl halides is 2. The summed E-state index contributed by atoms with van der Waals surface area (Å²) < 4.78 is 33.8. The lowest BCUT2D eigenvalue weighted by atomic mass is 10.2. The molecule has 144 valence electrons. The van der Waals surface area contributed by atoms with Crippen LogP contribution < -0.4 is 10.1 Å². The Labute approximate surface area is 172 Å². The first-order valence-electron chi connectivity index (χ1n) is 7.04. The molecule has 0 aromatic heterocycles. The van der Waals surface area contributed by atoms with Crippen LogP contribution >= 0.6 is 46.4 Å². The van der Waals surface area contributed by atoms with Gasteiger partial charge in [0.2, 0.25) is 0 Å². The van der Waals surface area contributed by atoms with Gasteiger partial charge in [-0.25, -0.2) is 4.79 Å². The lowest BCUT2D eigenvalue weighted by Crippen LogP contribution is -2.22. The fraction of sp³-hybridized carbons (Fsp3) is 0.125. The lowest BCUT2D eigenvalue weighted by Gasteiger charge is -2.13. The van der Waals surface area contributed by atoms with E-state index in [1.54, 1.807) is 0 Å². The van der Waals surface area contributed by atoms with Gasteiger partial charge in [0, 0.05) is 0 Å². The van der Waals surface area contributed by atoms with Crippen molar-refractivity contribution in [2.24, 2.45) is 0 Å². The average molecular weight is 459 g/mol. The van der Waals surface area contributed by atoms with Crippen LogP contribution in [0.15, 0.2) is 30.3 Å². The normalized spacial score (nSPS) is 10.6. The summed E-state index contributed by atoms with van der Waals surface area (Å²) >= 11 is 23.6. The Bertz CT molecular complexity index is 853. The van der Waals surface area contributed by atoms with Crippen molar-refractivity contribution in [3.05, 3.63) is 56.0 Å². The number of rotatable bonds is 6. The highest BCUT2D eigenvalue weighted by Gasteiger charge is 2.20. The summed E-state index contributed by atoms with van der Waals surface area (Å²) in [6.07, 6.45) is 0. The zero-order valence-electron chi connectivity index (χ0n) is 13.1. The van der Waals surface area contributed by atoms with Gasteiger partial charge in [-0.2, -0.15) is 8.78 Å². The minimum Gasteiger partial charge on any atom is -0.452 e. The second-order valence-electron chi connectivity index (χ2n) is 4.84.